The van der Waals surface area contributed by atoms with Crippen molar-refractivity contribution < 1.29 is 18.7 Å². The normalized spacial score (nSPS) is 23.7. The van der Waals surface area contributed by atoms with Crippen LogP contribution in [0.15, 0.2) is 24.3 Å². The number of hydrogen-bond donors (Lipinski definition) is 1. The Kier molecular flexibility index (Phi) is 4.12. The number of nitrogen functional groups attached to an aromatic ring is 1. The smallest absolute Gasteiger partial charge is 0.254 e. The van der Waals surface area contributed by atoms with Crippen LogP contribution in [0.5, 0.6) is 0 Å². The largest absolute Gasteiger partial charge is 0.399 e. The van der Waals surface area contributed by atoms with Crippen LogP contribution in [-0.2, 0) is 14.3 Å². The minimum Gasteiger partial charge on any atom is -0.399 e. The number of hydrogen-bond acceptors (Lipinski definition) is 4. The van der Waals surface area contributed by atoms with Crippen LogP contribution < -0.4 is 5.73 Å². The second-order valence-corrected chi connectivity index (χ2v) is 6.32. The summed E-state index contributed by atoms with van der Waals surface area (Å²) < 4.78 is 25.0. The van der Waals surface area contributed by atoms with E-state index in [2.05, 4.69) is 0 Å². The summed E-state index contributed by atoms with van der Waals surface area (Å²) in [7, 11) is 0. The molecule has 3 rings (SSSR count). The van der Waals surface area contributed by atoms with Gasteiger partial charge < -0.3 is 20.1 Å². The van der Waals surface area contributed by atoms with Crippen molar-refractivity contribution in [3.8, 4) is 0 Å². The molecule has 124 valence electrons. The highest BCUT2D eigenvalue weighted by molar-refractivity contribution is 5.83. The van der Waals surface area contributed by atoms with Gasteiger partial charge in [0.25, 0.3) is 5.91 Å². The lowest BCUT2D eigenvalue weighted by Gasteiger charge is -2.29. The Hall–Kier alpha value is -1.92. The van der Waals surface area contributed by atoms with Gasteiger partial charge in [0.2, 0.25) is 0 Å². The molecule has 1 atom stereocenters. The number of nitrogens with zero attached hydrogens (tertiary/aromatic N) is 1. The predicted molar refractivity (Wildman–Crippen MR) is 84.9 cm³/mol. The van der Waals surface area contributed by atoms with Gasteiger partial charge in [-0.15, -0.1) is 0 Å². The molecule has 1 aromatic rings. The molecule has 2 aliphatic heterocycles. The van der Waals surface area contributed by atoms with Crippen LogP contribution in [0.4, 0.5) is 10.1 Å². The van der Waals surface area contributed by atoms with Gasteiger partial charge in [-0.1, -0.05) is 6.08 Å². The zero-order valence-corrected chi connectivity index (χ0v) is 13.3. The summed E-state index contributed by atoms with van der Waals surface area (Å²) in [6.45, 7) is 4.83. The van der Waals surface area contributed by atoms with Gasteiger partial charge in [0.1, 0.15) is 5.82 Å². The van der Waals surface area contributed by atoms with Crippen molar-refractivity contribution in [2.45, 2.75) is 32.2 Å². The van der Waals surface area contributed by atoms with Gasteiger partial charge in [-0.2, -0.15) is 0 Å². The third-order valence-corrected chi connectivity index (χ3v) is 4.14. The first-order valence-corrected chi connectivity index (χ1v) is 7.71. The maximum atomic E-state index is 14.0. The average molecular weight is 320 g/mol. The summed E-state index contributed by atoms with van der Waals surface area (Å²) in [5.74, 6) is -1.13. The van der Waals surface area contributed by atoms with Crippen LogP contribution in [0.2, 0.25) is 0 Å². The minimum atomic E-state index is -0.718. The summed E-state index contributed by atoms with van der Waals surface area (Å²) >= 11 is 0. The fourth-order valence-electron chi connectivity index (χ4n) is 2.92. The first kappa shape index (κ1) is 16.0. The van der Waals surface area contributed by atoms with Crippen LogP contribution in [0.1, 0.15) is 25.8 Å². The number of carbonyl (C=O) groups is 1. The lowest BCUT2D eigenvalue weighted by Crippen LogP contribution is -2.43. The predicted octanol–water partition coefficient (Wildman–Crippen LogP) is 2.18. The van der Waals surface area contributed by atoms with Gasteiger partial charge in [-0.3, -0.25) is 4.79 Å². The van der Waals surface area contributed by atoms with Gasteiger partial charge in [0.05, 0.1) is 6.61 Å². The first-order chi connectivity index (χ1) is 10.9. The third kappa shape index (κ3) is 3.38. The maximum absolute atomic E-state index is 14.0. The molecule has 5 nitrogen and oxygen atoms in total. The maximum Gasteiger partial charge on any atom is 0.254 e. The number of nitrogens with two attached hydrogens (primary N) is 1. The van der Waals surface area contributed by atoms with Gasteiger partial charge >= 0.3 is 0 Å². The van der Waals surface area contributed by atoms with Crippen molar-refractivity contribution in [3.63, 3.8) is 0 Å². The van der Waals surface area contributed by atoms with Crippen LogP contribution in [0.3, 0.4) is 0 Å². The van der Waals surface area contributed by atoms with Crippen LogP contribution >= 0.6 is 0 Å². The lowest BCUT2D eigenvalue weighted by molar-refractivity contribution is -0.159. The molecule has 0 spiro atoms. The van der Waals surface area contributed by atoms with Gasteiger partial charge in [0.15, 0.2) is 11.9 Å². The van der Waals surface area contributed by atoms with E-state index in [0.29, 0.717) is 30.8 Å². The fraction of sp³-hybridized carbons (Fsp3) is 0.471. The van der Waals surface area contributed by atoms with Crippen LogP contribution in [0.25, 0.3) is 5.57 Å². The van der Waals surface area contributed by atoms with Crippen LogP contribution in [-0.4, -0.2) is 42.4 Å². The standard InChI is InChI=1S/C17H21FN2O3/c1-17(2)22-10-15(23-17)16(21)20-7-5-11(6-8-20)13-4-3-12(19)9-14(13)18/h3-5,9,15H,6-8,10,19H2,1-2H3. The van der Waals surface area contributed by atoms with Crippen molar-refractivity contribution in [3.05, 3.63) is 35.7 Å². The van der Waals surface area contributed by atoms with E-state index in [1.165, 1.54) is 6.07 Å². The number of halogens is 1. The summed E-state index contributed by atoms with van der Waals surface area (Å²) in [6.07, 6.45) is 1.92. The minimum absolute atomic E-state index is 0.0800. The molecule has 2 heterocycles. The summed E-state index contributed by atoms with van der Waals surface area (Å²) in [5.41, 5.74) is 7.42. The lowest BCUT2D eigenvalue weighted by atomic mass is 9.98. The molecule has 1 unspecified atom stereocenters. The molecule has 0 aromatic heterocycles. The summed E-state index contributed by atoms with van der Waals surface area (Å²) in [5, 5.41) is 0. The van der Waals surface area contributed by atoms with Crippen LogP contribution in [0, 0.1) is 5.82 Å². The van der Waals surface area contributed by atoms with E-state index >= 15 is 0 Å². The zero-order chi connectivity index (χ0) is 16.6. The summed E-state index contributed by atoms with van der Waals surface area (Å²) in [6, 6.07) is 4.69. The highest BCUT2D eigenvalue weighted by Gasteiger charge is 2.39. The number of anilines is 1. The Morgan fingerprint density at radius 3 is 2.78 bits per heavy atom. The van der Waals surface area contributed by atoms with Gasteiger partial charge in [-0.25, -0.2) is 4.39 Å². The fourth-order valence-corrected chi connectivity index (χ4v) is 2.92. The van der Waals surface area contributed by atoms with E-state index < -0.39 is 11.9 Å². The molecular formula is C17H21FN2O3. The van der Waals surface area contributed by atoms with Crippen molar-refractivity contribution in [2.75, 3.05) is 25.4 Å². The molecule has 23 heavy (non-hydrogen) atoms. The molecule has 1 amide bonds. The average Bonchev–Trinajstić information content (AvgIpc) is 2.87. The molecule has 0 radical (unpaired) electrons. The van der Waals surface area contributed by atoms with E-state index in [1.54, 1.807) is 30.9 Å². The van der Waals surface area contributed by atoms with E-state index in [0.717, 1.165) is 5.57 Å². The Labute approximate surface area is 134 Å². The van der Waals surface area contributed by atoms with E-state index in [-0.39, 0.29) is 18.3 Å². The molecular weight excluding hydrogens is 299 g/mol. The molecule has 2 aliphatic rings. The molecule has 1 saturated heterocycles. The molecule has 0 bridgehead atoms. The van der Waals surface area contributed by atoms with Crippen molar-refractivity contribution in [1.29, 1.82) is 0 Å². The summed E-state index contributed by atoms with van der Waals surface area (Å²) in [4.78, 5) is 14.2. The Bertz CT molecular complexity index is 657. The number of benzene rings is 1. The van der Waals surface area contributed by atoms with Crippen molar-refractivity contribution >= 4 is 17.2 Å². The third-order valence-electron chi connectivity index (χ3n) is 4.14. The molecule has 1 aromatic carbocycles. The molecule has 0 saturated carbocycles. The topological polar surface area (TPSA) is 64.8 Å². The Morgan fingerprint density at radius 2 is 2.22 bits per heavy atom. The molecule has 0 aliphatic carbocycles. The highest BCUT2D eigenvalue weighted by atomic mass is 19.1. The zero-order valence-electron chi connectivity index (χ0n) is 13.3. The highest BCUT2D eigenvalue weighted by Crippen LogP contribution is 2.28. The van der Waals surface area contributed by atoms with E-state index in [1.807, 2.05) is 6.08 Å². The number of carbonyl (C=O) groups excluding carboxylic acids is 1. The Balaban J connectivity index is 1.67. The van der Waals surface area contributed by atoms with Gasteiger partial charge in [-0.05, 0) is 44.0 Å². The van der Waals surface area contributed by atoms with Crippen molar-refractivity contribution in [1.82, 2.24) is 4.90 Å². The van der Waals surface area contributed by atoms with Gasteiger partial charge in [0, 0.05) is 24.3 Å². The molecule has 1 fully saturated rings. The number of rotatable bonds is 2. The van der Waals surface area contributed by atoms with E-state index in [9.17, 15) is 9.18 Å². The van der Waals surface area contributed by atoms with Crippen molar-refractivity contribution in [2.24, 2.45) is 0 Å². The monoisotopic (exact) mass is 320 g/mol. The second-order valence-electron chi connectivity index (χ2n) is 6.32. The number of amides is 1. The first-order valence-electron chi connectivity index (χ1n) is 7.71. The van der Waals surface area contributed by atoms with E-state index in [4.69, 9.17) is 15.2 Å². The second kappa shape index (κ2) is 5.94. The number of ether oxygens (including phenoxy) is 2. The quantitative estimate of drug-likeness (QED) is 0.848. The molecule has 2 N–H and O–H groups in total. The SMILES string of the molecule is CC1(C)OCC(C(=O)N2CC=C(c3ccc(N)cc3F)CC2)O1. The Morgan fingerprint density at radius 1 is 1.43 bits per heavy atom. The molecule has 6 heteroatoms.